The molecule has 3 rings (SSSR count). The van der Waals surface area contributed by atoms with Crippen molar-refractivity contribution in [3.63, 3.8) is 0 Å². The van der Waals surface area contributed by atoms with Gasteiger partial charge in [0.05, 0.1) is 30.0 Å². The number of hydrogen-bond donors (Lipinski definition) is 0. The highest BCUT2D eigenvalue weighted by molar-refractivity contribution is 5.51. The van der Waals surface area contributed by atoms with Crippen molar-refractivity contribution in [2.24, 2.45) is 0 Å². The summed E-state index contributed by atoms with van der Waals surface area (Å²) in [6.45, 7) is 4.58. The van der Waals surface area contributed by atoms with Gasteiger partial charge in [0, 0.05) is 13.5 Å². The first kappa shape index (κ1) is 14.5. The Labute approximate surface area is 127 Å². The van der Waals surface area contributed by atoms with Crippen LogP contribution in [0.1, 0.15) is 30.4 Å². The van der Waals surface area contributed by atoms with Crippen LogP contribution in [0.5, 0.6) is 0 Å². The lowest BCUT2D eigenvalue weighted by Gasteiger charge is -2.36. The van der Waals surface area contributed by atoms with E-state index in [1.807, 2.05) is 17.9 Å². The van der Waals surface area contributed by atoms with E-state index < -0.39 is 11.9 Å². The third-order valence-electron chi connectivity index (χ3n) is 3.49. The fourth-order valence-electron chi connectivity index (χ4n) is 2.56. The SMILES string of the molecule is Cc1nnc([C@H]2CN(c3ccc(C#N)cc3F)C[C@@H](C)O2)o1. The third-order valence-corrected chi connectivity index (χ3v) is 3.49. The molecule has 2 atom stereocenters. The van der Waals surface area contributed by atoms with E-state index in [9.17, 15) is 4.39 Å². The zero-order chi connectivity index (χ0) is 15.7. The first-order valence-corrected chi connectivity index (χ1v) is 6.97. The molecule has 1 aromatic heterocycles. The van der Waals surface area contributed by atoms with Crippen molar-refractivity contribution in [2.75, 3.05) is 18.0 Å². The molecule has 0 unspecified atom stereocenters. The largest absolute Gasteiger partial charge is 0.423 e. The normalized spacial score (nSPS) is 21.6. The summed E-state index contributed by atoms with van der Waals surface area (Å²) in [4.78, 5) is 1.87. The topological polar surface area (TPSA) is 75.2 Å². The van der Waals surface area contributed by atoms with Crippen molar-refractivity contribution in [3.05, 3.63) is 41.4 Å². The van der Waals surface area contributed by atoms with Gasteiger partial charge < -0.3 is 14.1 Å². The van der Waals surface area contributed by atoms with Gasteiger partial charge in [0.25, 0.3) is 0 Å². The molecular formula is C15H15FN4O2. The minimum absolute atomic E-state index is 0.110. The molecule has 0 spiro atoms. The first-order valence-electron chi connectivity index (χ1n) is 6.97. The predicted octanol–water partition coefficient (Wildman–Crippen LogP) is 2.36. The average molecular weight is 302 g/mol. The first-order chi connectivity index (χ1) is 10.6. The molecule has 0 N–H and O–H groups in total. The maximum atomic E-state index is 14.2. The Morgan fingerprint density at radius 2 is 2.18 bits per heavy atom. The second-order valence-corrected chi connectivity index (χ2v) is 5.28. The van der Waals surface area contributed by atoms with E-state index in [1.165, 1.54) is 6.07 Å². The summed E-state index contributed by atoms with van der Waals surface area (Å²) in [6, 6.07) is 6.38. The van der Waals surface area contributed by atoms with Crippen molar-refractivity contribution in [3.8, 4) is 6.07 Å². The van der Waals surface area contributed by atoms with Gasteiger partial charge in [-0.1, -0.05) is 0 Å². The van der Waals surface area contributed by atoms with E-state index in [0.717, 1.165) is 0 Å². The fourth-order valence-corrected chi connectivity index (χ4v) is 2.56. The Bertz CT molecular complexity index is 725. The van der Waals surface area contributed by atoms with Gasteiger partial charge in [0.15, 0.2) is 6.10 Å². The summed E-state index contributed by atoms with van der Waals surface area (Å²) < 4.78 is 25.4. The Kier molecular flexibility index (Phi) is 3.77. The van der Waals surface area contributed by atoms with Gasteiger partial charge in [0.1, 0.15) is 5.82 Å². The van der Waals surface area contributed by atoms with Crippen molar-refractivity contribution >= 4 is 5.69 Å². The number of morpholine rings is 1. The van der Waals surface area contributed by atoms with E-state index in [2.05, 4.69) is 10.2 Å². The maximum absolute atomic E-state index is 14.2. The monoisotopic (exact) mass is 302 g/mol. The summed E-state index contributed by atoms with van der Waals surface area (Å²) in [5, 5.41) is 16.6. The molecule has 114 valence electrons. The molecule has 0 aliphatic carbocycles. The summed E-state index contributed by atoms with van der Waals surface area (Å²) in [7, 11) is 0. The second kappa shape index (κ2) is 5.73. The molecular weight excluding hydrogens is 287 g/mol. The second-order valence-electron chi connectivity index (χ2n) is 5.28. The van der Waals surface area contributed by atoms with Crippen molar-refractivity contribution < 1.29 is 13.5 Å². The summed E-state index contributed by atoms with van der Waals surface area (Å²) >= 11 is 0. The molecule has 2 aromatic rings. The van der Waals surface area contributed by atoms with Gasteiger partial charge in [-0.25, -0.2) is 4.39 Å². The molecule has 0 amide bonds. The number of aryl methyl sites for hydroxylation is 1. The molecule has 1 aromatic carbocycles. The third kappa shape index (κ3) is 2.78. The molecule has 1 aliphatic heterocycles. The molecule has 6 nitrogen and oxygen atoms in total. The molecule has 1 fully saturated rings. The smallest absolute Gasteiger partial charge is 0.247 e. The lowest BCUT2D eigenvalue weighted by molar-refractivity contribution is -0.0313. The highest BCUT2D eigenvalue weighted by atomic mass is 19.1. The lowest BCUT2D eigenvalue weighted by Crippen LogP contribution is -2.43. The quantitative estimate of drug-likeness (QED) is 0.847. The van der Waals surface area contributed by atoms with Gasteiger partial charge in [-0.05, 0) is 25.1 Å². The van der Waals surface area contributed by atoms with Crippen molar-refractivity contribution in [1.29, 1.82) is 5.26 Å². The van der Waals surface area contributed by atoms with Crippen LogP contribution in [0.4, 0.5) is 10.1 Å². The number of halogens is 1. The standard InChI is InChI=1S/C15H15FN4O2/c1-9-7-20(13-4-3-11(6-17)5-12(13)16)8-14(21-9)15-19-18-10(2)22-15/h3-5,9,14H,7-8H2,1-2H3/t9-,14-/m1/s1. The van der Waals surface area contributed by atoms with Crippen LogP contribution in [-0.4, -0.2) is 29.4 Å². The molecule has 0 bridgehead atoms. The molecule has 1 saturated heterocycles. The van der Waals surface area contributed by atoms with E-state index in [0.29, 0.717) is 36.1 Å². The Morgan fingerprint density at radius 3 is 2.82 bits per heavy atom. The highest BCUT2D eigenvalue weighted by Crippen LogP contribution is 2.29. The minimum atomic E-state index is -0.423. The number of nitriles is 1. The summed E-state index contributed by atoms with van der Waals surface area (Å²) in [6.07, 6.45) is -0.513. The van der Waals surface area contributed by atoms with Crippen LogP contribution in [0.3, 0.4) is 0 Å². The van der Waals surface area contributed by atoms with Gasteiger partial charge in [-0.3, -0.25) is 0 Å². The van der Waals surface area contributed by atoms with E-state index >= 15 is 0 Å². The van der Waals surface area contributed by atoms with Crippen molar-refractivity contribution in [2.45, 2.75) is 26.1 Å². The van der Waals surface area contributed by atoms with E-state index in [4.69, 9.17) is 14.4 Å². The highest BCUT2D eigenvalue weighted by Gasteiger charge is 2.31. The molecule has 22 heavy (non-hydrogen) atoms. The van der Waals surface area contributed by atoms with Crippen LogP contribution in [-0.2, 0) is 4.74 Å². The van der Waals surface area contributed by atoms with Crippen LogP contribution in [0.15, 0.2) is 22.6 Å². The van der Waals surface area contributed by atoms with Crippen LogP contribution in [0, 0.1) is 24.1 Å². The molecule has 0 saturated carbocycles. The number of hydrogen-bond acceptors (Lipinski definition) is 6. The molecule has 2 heterocycles. The van der Waals surface area contributed by atoms with Gasteiger partial charge in [0.2, 0.25) is 11.8 Å². The van der Waals surface area contributed by atoms with E-state index in [-0.39, 0.29) is 6.10 Å². The van der Waals surface area contributed by atoms with Gasteiger partial charge in [-0.15, -0.1) is 10.2 Å². The Hall–Kier alpha value is -2.46. The summed E-state index contributed by atoms with van der Waals surface area (Å²) in [5.74, 6) is 0.435. The predicted molar refractivity (Wildman–Crippen MR) is 75.7 cm³/mol. The molecule has 1 aliphatic rings. The number of nitrogens with zero attached hydrogens (tertiary/aromatic N) is 4. The van der Waals surface area contributed by atoms with E-state index in [1.54, 1.807) is 19.1 Å². The molecule has 7 heteroatoms. The number of benzene rings is 1. The van der Waals surface area contributed by atoms with Crippen LogP contribution >= 0.6 is 0 Å². The number of ether oxygens (including phenoxy) is 1. The summed E-state index contributed by atoms with van der Waals surface area (Å²) in [5.41, 5.74) is 0.738. The van der Waals surface area contributed by atoms with Gasteiger partial charge >= 0.3 is 0 Å². The lowest BCUT2D eigenvalue weighted by atomic mass is 10.1. The maximum Gasteiger partial charge on any atom is 0.247 e. The number of aromatic nitrogens is 2. The zero-order valence-electron chi connectivity index (χ0n) is 12.3. The number of rotatable bonds is 2. The van der Waals surface area contributed by atoms with Crippen LogP contribution in [0.25, 0.3) is 0 Å². The van der Waals surface area contributed by atoms with Crippen LogP contribution in [0.2, 0.25) is 0 Å². The fraction of sp³-hybridized carbons (Fsp3) is 0.400. The minimum Gasteiger partial charge on any atom is -0.423 e. The van der Waals surface area contributed by atoms with Crippen molar-refractivity contribution in [1.82, 2.24) is 10.2 Å². The molecule has 0 radical (unpaired) electrons. The zero-order valence-corrected chi connectivity index (χ0v) is 12.3. The Morgan fingerprint density at radius 1 is 1.36 bits per heavy atom. The Balaban J connectivity index is 1.86. The number of anilines is 1. The van der Waals surface area contributed by atoms with Crippen LogP contribution < -0.4 is 4.90 Å². The van der Waals surface area contributed by atoms with Gasteiger partial charge in [-0.2, -0.15) is 5.26 Å². The average Bonchev–Trinajstić information content (AvgIpc) is 2.93.